The fourth-order valence-corrected chi connectivity index (χ4v) is 5.53. The SMILES string of the molecule is O=C(CCCNC(=O)c1cccs1)NCc1cccc(S(=O)(=O)N2CCCCC2)c1. The summed E-state index contributed by atoms with van der Waals surface area (Å²) in [4.78, 5) is 24.8. The molecule has 0 atom stereocenters. The number of nitrogens with zero attached hydrogens (tertiary/aromatic N) is 1. The summed E-state index contributed by atoms with van der Waals surface area (Å²) in [5, 5.41) is 7.45. The molecular weight excluding hydrogens is 422 g/mol. The van der Waals surface area contributed by atoms with E-state index in [0.29, 0.717) is 30.9 Å². The lowest BCUT2D eigenvalue weighted by molar-refractivity contribution is -0.121. The molecule has 0 radical (unpaired) electrons. The number of hydrogen-bond donors (Lipinski definition) is 2. The Bertz CT molecular complexity index is 952. The molecule has 1 aromatic heterocycles. The van der Waals surface area contributed by atoms with Crippen molar-refractivity contribution in [3.63, 3.8) is 0 Å². The summed E-state index contributed by atoms with van der Waals surface area (Å²) in [6.45, 7) is 1.82. The van der Waals surface area contributed by atoms with Gasteiger partial charge in [-0.05, 0) is 48.4 Å². The van der Waals surface area contributed by atoms with Gasteiger partial charge in [-0.15, -0.1) is 11.3 Å². The van der Waals surface area contributed by atoms with Gasteiger partial charge in [-0.1, -0.05) is 24.6 Å². The monoisotopic (exact) mass is 449 g/mol. The molecule has 2 aromatic rings. The van der Waals surface area contributed by atoms with Gasteiger partial charge in [0.1, 0.15) is 0 Å². The quantitative estimate of drug-likeness (QED) is 0.576. The van der Waals surface area contributed by atoms with E-state index in [1.165, 1.54) is 11.3 Å². The number of carbonyl (C=O) groups excluding carboxylic acids is 2. The molecule has 1 saturated heterocycles. The molecule has 2 heterocycles. The Kier molecular flexibility index (Phi) is 8.01. The number of nitrogens with one attached hydrogen (secondary N) is 2. The molecule has 162 valence electrons. The van der Waals surface area contributed by atoms with Gasteiger partial charge in [0, 0.05) is 32.6 Å². The van der Waals surface area contributed by atoms with E-state index in [0.717, 1.165) is 24.8 Å². The lowest BCUT2D eigenvalue weighted by Crippen LogP contribution is -2.35. The van der Waals surface area contributed by atoms with Crippen LogP contribution >= 0.6 is 11.3 Å². The lowest BCUT2D eigenvalue weighted by Gasteiger charge is -2.26. The molecule has 2 N–H and O–H groups in total. The third kappa shape index (κ3) is 6.13. The normalized spacial score (nSPS) is 14.9. The van der Waals surface area contributed by atoms with Gasteiger partial charge < -0.3 is 10.6 Å². The van der Waals surface area contributed by atoms with Crippen molar-refractivity contribution in [2.45, 2.75) is 43.5 Å². The highest BCUT2D eigenvalue weighted by molar-refractivity contribution is 7.89. The molecule has 0 aliphatic carbocycles. The van der Waals surface area contributed by atoms with Crippen LogP contribution in [0.15, 0.2) is 46.7 Å². The maximum Gasteiger partial charge on any atom is 0.261 e. The number of sulfonamides is 1. The van der Waals surface area contributed by atoms with Crippen LogP contribution in [0.1, 0.15) is 47.3 Å². The topological polar surface area (TPSA) is 95.6 Å². The zero-order valence-electron chi connectivity index (χ0n) is 16.8. The van der Waals surface area contributed by atoms with Crippen molar-refractivity contribution in [1.82, 2.24) is 14.9 Å². The van der Waals surface area contributed by atoms with E-state index in [1.54, 1.807) is 34.6 Å². The van der Waals surface area contributed by atoms with E-state index in [9.17, 15) is 18.0 Å². The molecule has 1 fully saturated rings. The summed E-state index contributed by atoms with van der Waals surface area (Å²) >= 11 is 1.38. The van der Waals surface area contributed by atoms with E-state index in [4.69, 9.17) is 0 Å². The summed E-state index contributed by atoms with van der Waals surface area (Å²) in [5.74, 6) is -0.262. The number of benzene rings is 1. The maximum absolute atomic E-state index is 12.8. The second kappa shape index (κ2) is 10.7. The maximum atomic E-state index is 12.8. The lowest BCUT2D eigenvalue weighted by atomic mass is 10.2. The second-order valence-corrected chi connectivity index (χ2v) is 10.1. The Morgan fingerprint density at radius 3 is 2.57 bits per heavy atom. The summed E-state index contributed by atoms with van der Waals surface area (Å²) in [7, 11) is -3.49. The number of rotatable bonds is 9. The minimum atomic E-state index is -3.49. The average Bonchev–Trinajstić information content (AvgIpc) is 3.31. The van der Waals surface area contributed by atoms with Crippen molar-refractivity contribution >= 4 is 33.2 Å². The molecule has 30 heavy (non-hydrogen) atoms. The largest absolute Gasteiger partial charge is 0.352 e. The van der Waals surface area contributed by atoms with Gasteiger partial charge in [-0.3, -0.25) is 9.59 Å². The average molecular weight is 450 g/mol. The smallest absolute Gasteiger partial charge is 0.261 e. The van der Waals surface area contributed by atoms with Gasteiger partial charge >= 0.3 is 0 Å². The highest BCUT2D eigenvalue weighted by Crippen LogP contribution is 2.21. The molecule has 7 nitrogen and oxygen atoms in total. The van der Waals surface area contributed by atoms with E-state index in [-0.39, 0.29) is 29.7 Å². The summed E-state index contributed by atoms with van der Waals surface area (Å²) in [5.41, 5.74) is 0.743. The van der Waals surface area contributed by atoms with Crippen molar-refractivity contribution in [2.75, 3.05) is 19.6 Å². The van der Waals surface area contributed by atoms with Gasteiger partial charge in [-0.2, -0.15) is 4.31 Å². The van der Waals surface area contributed by atoms with E-state index >= 15 is 0 Å². The predicted octanol–water partition coefficient (Wildman–Crippen LogP) is 2.75. The molecule has 1 aliphatic rings. The van der Waals surface area contributed by atoms with Crippen LogP contribution in [0.4, 0.5) is 0 Å². The van der Waals surface area contributed by atoms with Gasteiger partial charge in [0.25, 0.3) is 5.91 Å². The molecule has 9 heteroatoms. The Morgan fingerprint density at radius 1 is 1.03 bits per heavy atom. The Hall–Kier alpha value is -2.23. The summed E-state index contributed by atoms with van der Waals surface area (Å²) in [6, 6.07) is 10.3. The number of piperidine rings is 1. The standard InChI is InChI=1S/C21H27N3O4S2/c25-20(10-5-11-22-21(26)19-9-6-14-29-19)23-16-17-7-4-8-18(15-17)30(27,28)24-12-2-1-3-13-24/h4,6-9,14-15H,1-3,5,10-13,16H2,(H,22,26)(H,23,25). The first kappa shape index (κ1) is 22.5. The zero-order chi connectivity index (χ0) is 21.4. The van der Waals surface area contributed by atoms with Crippen molar-refractivity contribution in [2.24, 2.45) is 0 Å². The molecule has 2 amide bonds. The van der Waals surface area contributed by atoms with Crippen molar-refractivity contribution in [1.29, 1.82) is 0 Å². The molecule has 0 unspecified atom stereocenters. The van der Waals surface area contributed by atoms with Crippen molar-refractivity contribution in [3.05, 3.63) is 52.2 Å². The molecule has 0 bridgehead atoms. The number of carbonyl (C=O) groups is 2. The number of hydrogen-bond acceptors (Lipinski definition) is 5. The van der Waals surface area contributed by atoms with E-state index < -0.39 is 10.0 Å². The second-order valence-electron chi connectivity index (χ2n) is 7.23. The van der Waals surface area contributed by atoms with Crippen LogP contribution in [0.2, 0.25) is 0 Å². The predicted molar refractivity (Wildman–Crippen MR) is 117 cm³/mol. The van der Waals surface area contributed by atoms with Gasteiger partial charge in [0.15, 0.2) is 0 Å². The highest BCUT2D eigenvalue weighted by atomic mass is 32.2. The number of amides is 2. The molecule has 0 spiro atoms. The van der Waals surface area contributed by atoms with Gasteiger partial charge in [0.2, 0.25) is 15.9 Å². The van der Waals surface area contributed by atoms with Crippen LogP contribution in [0.3, 0.4) is 0 Å². The van der Waals surface area contributed by atoms with Crippen LogP contribution in [0, 0.1) is 0 Å². The van der Waals surface area contributed by atoms with Gasteiger partial charge in [-0.25, -0.2) is 8.42 Å². The molecule has 3 rings (SSSR count). The summed E-state index contributed by atoms with van der Waals surface area (Å²) < 4.78 is 27.1. The fraction of sp³-hybridized carbons (Fsp3) is 0.429. The Morgan fingerprint density at radius 2 is 1.83 bits per heavy atom. The van der Waals surface area contributed by atoms with Crippen LogP contribution in [-0.4, -0.2) is 44.2 Å². The minimum Gasteiger partial charge on any atom is -0.352 e. The molecule has 1 aromatic carbocycles. The first-order chi connectivity index (χ1) is 14.5. The minimum absolute atomic E-state index is 0.128. The molecule has 1 aliphatic heterocycles. The van der Waals surface area contributed by atoms with Crippen molar-refractivity contribution < 1.29 is 18.0 Å². The third-order valence-corrected chi connectivity index (χ3v) is 7.72. The third-order valence-electron chi connectivity index (χ3n) is 4.95. The molecular formula is C21H27N3O4S2. The van der Waals surface area contributed by atoms with Gasteiger partial charge in [0.05, 0.1) is 9.77 Å². The van der Waals surface area contributed by atoms with Crippen LogP contribution in [-0.2, 0) is 21.4 Å². The first-order valence-electron chi connectivity index (χ1n) is 10.1. The molecule has 0 saturated carbocycles. The Labute approximate surface area is 181 Å². The summed E-state index contributed by atoms with van der Waals surface area (Å²) in [6.07, 6.45) is 3.67. The van der Waals surface area contributed by atoms with Crippen molar-refractivity contribution in [3.8, 4) is 0 Å². The Balaban J connectivity index is 1.43. The highest BCUT2D eigenvalue weighted by Gasteiger charge is 2.25. The van der Waals surface area contributed by atoms with Crippen LogP contribution < -0.4 is 10.6 Å². The zero-order valence-corrected chi connectivity index (χ0v) is 18.4. The first-order valence-corrected chi connectivity index (χ1v) is 12.5. The fourth-order valence-electron chi connectivity index (χ4n) is 3.31. The number of thiophene rings is 1. The van der Waals surface area contributed by atoms with Crippen LogP contribution in [0.25, 0.3) is 0 Å². The van der Waals surface area contributed by atoms with E-state index in [1.807, 2.05) is 11.4 Å². The van der Waals surface area contributed by atoms with Crippen LogP contribution in [0.5, 0.6) is 0 Å². The van der Waals surface area contributed by atoms with E-state index in [2.05, 4.69) is 10.6 Å².